The van der Waals surface area contributed by atoms with Crippen molar-refractivity contribution in [3.63, 3.8) is 0 Å². The van der Waals surface area contributed by atoms with E-state index in [-0.39, 0.29) is 5.92 Å². The summed E-state index contributed by atoms with van der Waals surface area (Å²) in [6, 6.07) is 14.1. The molecule has 8 heteroatoms. The summed E-state index contributed by atoms with van der Waals surface area (Å²) in [5.74, 6) is -0.105. The maximum absolute atomic E-state index is 13.5. The van der Waals surface area contributed by atoms with Crippen LogP contribution in [0.5, 0.6) is 0 Å². The molecule has 1 saturated heterocycles. The van der Waals surface area contributed by atoms with Crippen molar-refractivity contribution in [3.8, 4) is 5.69 Å². The summed E-state index contributed by atoms with van der Waals surface area (Å²) in [6.45, 7) is 2.09. The number of anilines is 1. The average molecular weight is 415 g/mol. The number of nitrogens with one attached hydrogen (secondary N) is 1. The van der Waals surface area contributed by atoms with Crippen molar-refractivity contribution in [3.05, 3.63) is 71.5 Å². The number of para-hydroxylation sites is 1. The summed E-state index contributed by atoms with van der Waals surface area (Å²) in [4.78, 5) is 2.23. The molecule has 3 aromatic rings. The predicted molar refractivity (Wildman–Crippen MR) is 110 cm³/mol. The third kappa shape index (κ3) is 4.48. The molecule has 0 aliphatic carbocycles. The molecule has 0 atom stereocenters. The van der Waals surface area contributed by atoms with Gasteiger partial charge in [0.2, 0.25) is 0 Å². The number of piperidine rings is 1. The topological polar surface area (TPSA) is 46.0 Å². The van der Waals surface area contributed by atoms with Crippen molar-refractivity contribution in [1.82, 2.24) is 19.9 Å². The van der Waals surface area contributed by atoms with E-state index in [2.05, 4.69) is 20.5 Å². The number of halogens is 3. The number of hydrogen-bond acceptors (Lipinski definition) is 4. The minimum absolute atomic E-state index is 0.105. The number of nitrogens with zero attached hydrogens (tertiary/aromatic N) is 4. The van der Waals surface area contributed by atoms with Gasteiger partial charge in [0.1, 0.15) is 0 Å². The molecule has 0 amide bonds. The number of rotatable bonds is 5. The van der Waals surface area contributed by atoms with E-state index in [4.69, 9.17) is 0 Å². The Morgan fingerprint density at radius 2 is 1.80 bits per heavy atom. The zero-order valence-corrected chi connectivity index (χ0v) is 16.7. The van der Waals surface area contributed by atoms with Crippen LogP contribution in [0.4, 0.5) is 18.9 Å². The molecule has 1 aliphatic rings. The summed E-state index contributed by atoms with van der Waals surface area (Å²) >= 11 is 0. The fourth-order valence-corrected chi connectivity index (χ4v) is 4.02. The van der Waals surface area contributed by atoms with E-state index in [1.54, 1.807) is 17.8 Å². The van der Waals surface area contributed by atoms with Gasteiger partial charge in [-0.15, -0.1) is 5.10 Å². The van der Waals surface area contributed by atoms with Gasteiger partial charge in [0.05, 0.1) is 23.1 Å². The van der Waals surface area contributed by atoms with Gasteiger partial charge in [-0.3, -0.25) is 4.90 Å². The summed E-state index contributed by atoms with van der Waals surface area (Å²) in [5, 5.41) is 11.4. The molecule has 1 aromatic heterocycles. The molecule has 30 heavy (non-hydrogen) atoms. The zero-order chi connectivity index (χ0) is 21.1. The summed E-state index contributed by atoms with van der Waals surface area (Å²) < 4.78 is 42.2. The number of hydrogen-bond donors (Lipinski definition) is 1. The molecule has 4 rings (SSSR count). The van der Waals surface area contributed by atoms with Gasteiger partial charge in [-0.2, -0.15) is 13.2 Å². The first kappa shape index (κ1) is 20.4. The molecule has 2 heterocycles. The normalized spacial score (nSPS) is 16.0. The fraction of sp³-hybridized carbons (Fsp3) is 0.364. The minimum Gasteiger partial charge on any atom is -0.388 e. The van der Waals surface area contributed by atoms with Crippen LogP contribution in [0.2, 0.25) is 0 Å². The second-order valence-corrected chi connectivity index (χ2v) is 7.59. The molecule has 2 aromatic carbocycles. The van der Waals surface area contributed by atoms with Gasteiger partial charge >= 0.3 is 6.18 Å². The van der Waals surface area contributed by atoms with Crippen LogP contribution in [0.1, 0.15) is 35.6 Å². The first-order valence-corrected chi connectivity index (χ1v) is 10.0. The molecule has 1 aliphatic heterocycles. The molecule has 1 fully saturated rings. The Kier molecular flexibility index (Phi) is 5.76. The van der Waals surface area contributed by atoms with Crippen LogP contribution in [0, 0.1) is 0 Å². The maximum atomic E-state index is 13.5. The quantitative estimate of drug-likeness (QED) is 0.656. The predicted octanol–water partition coefficient (Wildman–Crippen LogP) is 4.71. The highest BCUT2D eigenvalue weighted by Gasteiger charge is 2.36. The van der Waals surface area contributed by atoms with E-state index in [1.807, 2.05) is 36.5 Å². The van der Waals surface area contributed by atoms with Crippen LogP contribution in [-0.2, 0) is 12.7 Å². The maximum Gasteiger partial charge on any atom is 0.416 e. The van der Waals surface area contributed by atoms with Gasteiger partial charge in [0, 0.05) is 19.3 Å². The van der Waals surface area contributed by atoms with Gasteiger partial charge in [0.15, 0.2) is 0 Å². The molecule has 0 spiro atoms. The Balaban J connectivity index is 1.42. The van der Waals surface area contributed by atoms with E-state index < -0.39 is 11.7 Å². The standard InChI is InChI=1S/C22H24F3N5/c1-26-17-7-8-21(22(23,24)25)20(13-17)16-9-11-29(12-10-16)14-18-15-30(28-27-18)19-5-3-2-4-6-19/h2-8,13,15-16,26H,9-12,14H2,1H3. The van der Waals surface area contributed by atoms with Crippen LogP contribution in [0.25, 0.3) is 5.69 Å². The van der Waals surface area contributed by atoms with E-state index >= 15 is 0 Å². The first-order valence-electron chi connectivity index (χ1n) is 10.0. The third-order valence-electron chi connectivity index (χ3n) is 5.62. The Hall–Kier alpha value is -2.87. The molecule has 5 nitrogen and oxygen atoms in total. The average Bonchev–Trinajstić information content (AvgIpc) is 3.22. The lowest BCUT2D eigenvalue weighted by Crippen LogP contribution is -2.33. The van der Waals surface area contributed by atoms with Crippen LogP contribution in [0.15, 0.2) is 54.7 Å². The SMILES string of the molecule is CNc1ccc(C(F)(F)F)c(C2CCN(Cc3cn(-c4ccccc4)nn3)CC2)c1. The molecular formula is C22H24F3N5. The lowest BCUT2D eigenvalue weighted by Gasteiger charge is -2.33. The highest BCUT2D eigenvalue weighted by atomic mass is 19.4. The molecule has 0 bridgehead atoms. The van der Waals surface area contributed by atoms with E-state index in [0.717, 1.165) is 24.5 Å². The van der Waals surface area contributed by atoms with E-state index in [9.17, 15) is 13.2 Å². The highest BCUT2D eigenvalue weighted by Crippen LogP contribution is 2.40. The minimum atomic E-state index is -4.34. The third-order valence-corrected chi connectivity index (χ3v) is 5.62. The lowest BCUT2D eigenvalue weighted by atomic mass is 9.86. The highest BCUT2D eigenvalue weighted by molar-refractivity contribution is 5.50. The van der Waals surface area contributed by atoms with Gasteiger partial charge in [-0.25, -0.2) is 4.68 Å². The van der Waals surface area contributed by atoms with Crippen LogP contribution in [0.3, 0.4) is 0 Å². The van der Waals surface area contributed by atoms with Crippen molar-refractivity contribution in [2.75, 3.05) is 25.5 Å². The van der Waals surface area contributed by atoms with Crippen molar-refractivity contribution in [2.45, 2.75) is 31.5 Å². The smallest absolute Gasteiger partial charge is 0.388 e. The summed E-state index contributed by atoms with van der Waals surface area (Å²) in [6.07, 6.45) is -1.07. The monoisotopic (exact) mass is 415 g/mol. The summed E-state index contributed by atoms with van der Waals surface area (Å²) in [5.41, 5.74) is 2.37. The second kappa shape index (κ2) is 8.47. The number of alkyl halides is 3. The summed E-state index contributed by atoms with van der Waals surface area (Å²) in [7, 11) is 1.72. The molecule has 0 radical (unpaired) electrons. The second-order valence-electron chi connectivity index (χ2n) is 7.59. The molecule has 0 unspecified atom stereocenters. The zero-order valence-electron chi connectivity index (χ0n) is 16.7. The van der Waals surface area contributed by atoms with Gasteiger partial charge < -0.3 is 5.32 Å². The molecular weight excluding hydrogens is 391 g/mol. The fourth-order valence-electron chi connectivity index (χ4n) is 4.02. The molecule has 0 saturated carbocycles. The van der Waals surface area contributed by atoms with E-state index in [0.29, 0.717) is 30.6 Å². The Bertz CT molecular complexity index is 976. The molecule has 158 valence electrons. The van der Waals surface area contributed by atoms with Crippen molar-refractivity contribution in [2.24, 2.45) is 0 Å². The van der Waals surface area contributed by atoms with Crippen LogP contribution >= 0.6 is 0 Å². The van der Waals surface area contributed by atoms with Crippen LogP contribution in [-0.4, -0.2) is 40.0 Å². The Morgan fingerprint density at radius 1 is 1.07 bits per heavy atom. The van der Waals surface area contributed by atoms with Crippen molar-refractivity contribution < 1.29 is 13.2 Å². The number of aromatic nitrogens is 3. The van der Waals surface area contributed by atoms with Crippen LogP contribution < -0.4 is 5.32 Å². The van der Waals surface area contributed by atoms with Gasteiger partial charge in [0.25, 0.3) is 0 Å². The van der Waals surface area contributed by atoms with Crippen molar-refractivity contribution >= 4 is 5.69 Å². The molecule has 1 N–H and O–H groups in total. The van der Waals surface area contributed by atoms with Crippen molar-refractivity contribution in [1.29, 1.82) is 0 Å². The largest absolute Gasteiger partial charge is 0.416 e. The Labute approximate surface area is 173 Å². The first-order chi connectivity index (χ1) is 14.4. The number of likely N-dealkylation sites (tertiary alicyclic amines) is 1. The lowest BCUT2D eigenvalue weighted by molar-refractivity contribution is -0.138. The Morgan fingerprint density at radius 3 is 2.47 bits per heavy atom. The van der Waals surface area contributed by atoms with Gasteiger partial charge in [-0.1, -0.05) is 23.4 Å². The van der Waals surface area contributed by atoms with Gasteiger partial charge in [-0.05, 0) is 67.7 Å². The number of benzene rings is 2. The van der Waals surface area contributed by atoms with E-state index in [1.165, 1.54) is 12.1 Å².